The summed E-state index contributed by atoms with van der Waals surface area (Å²) >= 11 is 0. The number of nitriles is 1. The van der Waals surface area contributed by atoms with Gasteiger partial charge in [0.05, 0.1) is 12.7 Å². The number of anilines is 1. The lowest BCUT2D eigenvalue weighted by molar-refractivity contribution is -0.115. The smallest absolute Gasteiger partial charge is 0.238 e. The highest BCUT2D eigenvalue weighted by molar-refractivity contribution is 5.93. The maximum absolute atomic E-state index is 11.5. The molecule has 2 rings (SSSR count). The minimum Gasteiger partial charge on any atom is -0.383 e. The minimum atomic E-state index is -0.258. The monoisotopic (exact) mass is 259 g/mol. The molecule has 0 spiro atoms. The van der Waals surface area contributed by atoms with E-state index >= 15 is 0 Å². The fourth-order valence-electron chi connectivity index (χ4n) is 2.25. The Hall–Kier alpha value is -1.90. The lowest BCUT2D eigenvalue weighted by Crippen LogP contribution is -2.21. The van der Waals surface area contributed by atoms with Gasteiger partial charge in [0.25, 0.3) is 0 Å². The quantitative estimate of drug-likeness (QED) is 0.870. The van der Waals surface area contributed by atoms with Gasteiger partial charge in [0.1, 0.15) is 6.42 Å². The van der Waals surface area contributed by atoms with Crippen LogP contribution in [-0.2, 0) is 22.6 Å². The lowest BCUT2D eigenvalue weighted by Gasteiger charge is -2.13. The average Bonchev–Trinajstić information content (AvgIpc) is 2.80. The summed E-state index contributed by atoms with van der Waals surface area (Å²) < 4.78 is 5.08. The third kappa shape index (κ3) is 3.31. The number of nitrogens with one attached hydrogen (secondary N) is 1. The van der Waals surface area contributed by atoms with Crippen LogP contribution in [0.5, 0.6) is 0 Å². The van der Waals surface area contributed by atoms with Crippen LogP contribution in [0.15, 0.2) is 18.2 Å². The summed E-state index contributed by atoms with van der Waals surface area (Å²) in [5, 5.41) is 11.3. The van der Waals surface area contributed by atoms with Gasteiger partial charge in [0.2, 0.25) is 5.91 Å². The SMILES string of the molecule is COCCN1Cc2cccc(NC(=O)CC#N)c2C1. The van der Waals surface area contributed by atoms with E-state index in [0.29, 0.717) is 6.61 Å². The van der Waals surface area contributed by atoms with Crippen LogP contribution in [0.3, 0.4) is 0 Å². The summed E-state index contributed by atoms with van der Waals surface area (Å²) in [6, 6.07) is 7.74. The van der Waals surface area contributed by atoms with Gasteiger partial charge < -0.3 is 10.1 Å². The molecule has 1 amide bonds. The normalized spacial score (nSPS) is 13.9. The van der Waals surface area contributed by atoms with Gasteiger partial charge in [-0.2, -0.15) is 5.26 Å². The molecule has 1 aliphatic rings. The second-order valence-electron chi connectivity index (χ2n) is 4.53. The molecule has 5 heteroatoms. The second kappa shape index (κ2) is 6.32. The minimum absolute atomic E-state index is 0.114. The Morgan fingerprint density at radius 3 is 3.11 bits per heavy atom. The molecule has 0 bridgehead atoms. The predicted octanol–water partition coefficient (Wildman–Crippen LogP) is 1.50. The Balaban J connectivity index is 2.07. The molecule has 0 radical (unpaired) electrons. The van der Waals surface area contributed by atoms with Crippen LogP contribution in [-0.4, -0.2) is 31.1 Å². The maximum atomic E-state index is 11.5. The zero-order valence-electron chi connectivity index (χ0n) is 11.0. The summed E-state index contributed by atoms with van der Waals surface area (Å²) in [5.74, 6) is -0.258. The van der Waals surface area contributed by atoms with Crippen LogP contribution >= 0.6 is 0 Å². The highest BCUT2D eigenvalue weighted by atomic mass is 16.5. The van der Waals surface area contributed by atoms with Gasteiger partial charge in [0.15, 0.2) is 0 Å². The molecule has 19 heavy (non-hydrogen) atoms. The van der Waals surface area contributed by atoms with Gasteiger partial charge in [-0.15, -0.1) is 0 Å². The van der Waals surface area contributed by atoms with Gasteiger partial charge in [-0.3, -0.25) is 9.69 Å². The van der Waals surface area contributed by atoms with E-state index in [-0.39, 0.29) is 12.3 Å². The standard InChI is InChI=1S/C14H17N3O2/c1-19-8-7-17-9-11-3-2-4-13(12(11)10-17)16-14(18)5-6-15/h2-4H,5,7-10H2,1H3,(H,16,18). The van der Waals surface area contributed by atoms with Gasteiger partial charge in [0, 0.05) is 32.4 Å². The maximum Gasteiger partial charge on any atom is 0.238 e. The van der Waals surface area contributed by atoms with Crippen LogP contribution in [0.2, 0.25) is 0 Å². The van der Waals surface area contributed by atoms with Crippen molar-refractivity contribution in [1.29, 1.82) is 5.26 Å². The molecule has 0 aliphatic carbocycles. The number of hydrogen-bond acceptors (Lipinski definition) is 4. The number of ether oxygens (including phenoxy) is 1. The first-order chi connectivity index (χ1) is 9.24. The predicted molar refractivity (Wildman–Crippen MR) is 71.3 cm³/mol. The highest BCUT2D eigenvalue weighted by Crippen LogP contribution is 2.29. The number of nitrogens with zero attached hydrogens (tertiary/aromatic N) is 2. The largest absolute Gasteiger partial charge is 0.383 e. The Labute approximate surface area is 112 Å². The van der Waals surface area contributed by atoms with Crippen molar-refractivity contribution in [1.82, 2.24) is 4.90 Å². The molecule has 5 nitrogen and oxygen atoms in total. The number of rotatable bonds is 5. The first-order valence-corrected chi connectivity index (χ1v) is 6.23. The van der Waals surface area contributed by atoms with E-state index in [0.717, 1.165) is 30.9 Å². The van der Waals surface area contributed by atoms with Crippen molar-refractivity contribution in [2.24, 2.45) is 0 Å². The molecule has 0 saturated heterocycles. The van der Waals surface area contributed by atoms with Crippen molar-refractivity contribution >= 4 is 11.6 Å². The summed E-state index contributed by atoms with van der Waals surface area (Å²) in [6.07, 6.45) is -0.114. The van der Waals surface area contributed by atoms with Crippen molar-refractivity contribution in [3.05, 3.63) is 29.3 Å². The number of methoxy groups -OCH3 is 1. The summed E-state index contributed by atoms with van der Waals surface area (Å²) in [5.41, 5.74) is 3.19. The summed E-state index contributed by atoms with van der Waals surface area (Å²) in [7, 11) is 1.69. The highest BCUT2D eigenvalue weighted by Gasteiger charge is 2.21. The number of hydrogen-bond donors (Lipinski definition) is 1. The molecule has 0 aromatic heterocycles. The van der Waals surface area contributed by atoms with E-state index in [1.165, 1.54) is 5.56 Å². The van der Waals surface area contributed by atoms with Crippen LogP contribution < -0.4 is 5.32 Å². The fourth-order valence-corrected chi connectivity index (χ4v) is 2.25. The van der Waals surface area contributed by atoms with E-state index in [2.05, 4.69) is 16.3 Å². The molecule has 0 fully saturated rings. The Morgan fingerprint density at radius 2 is 2.37 bits per heavy atom. The first kappa shape index (κ1) is 13.5. The van der Waals surface area contributed by atoms with Crippen LogP contribution in [0.4, 0.5) is 5.69 Å². The zero-order chi connectivity index (χ0) is 13.7. The molecule has 0 atom stereocenters. The molecule has 1 aromatic rings. The zero-order valence-corrected chi connectivity index (χ0v) is 11.0. The number of fused-ring (bicyclic) bond motifs is 1. The van der Waals surface area contributed by atoms with Crippen LogP contribution in [0.25, 0.3) is 0 Å². The van der Waals surface area contributed by atoms with Crippen molar-refractivity contribution in [2.75, 3.05) is 25.6 Å². The molecule has 1 aliphatic heterocycles. The molecule has 100 valence electrons. The number of carbonyl (C=O) groups is 1. The molecule has 1 N–H and O–H groups in total. The summed E-state index contributed by atoms with van der Waals surface area (Å²) in [6.45, 7) is 3.25. The van der Waals surface area contributed by atoms with Gasteiger partial charge in [-0.1, -0.05) is 12.1 Å². The average molecular weight is 259 g/mol. The molecule has 1 heterocycles. The Kier molecular flexibility index (Phi) is 4.50. The third-order valence-corrected chi connectivity index (χ3v) is 3.17. The Morgan fingerprint density at radius 1 is 1.53 bits per heavy atom. The molecule has 1 aromatic carbocycles. The number of benzene rings is 1. The van der Waals surface area contributed by atoms with E-state index in [1.807, 2.05) is 18.2 Å². The fraction of sp³-hybridized carbons (Fsp3) is 0.429. The van der Waals surface area contributed by atoms with Crippen LogP contribution in [0.1, 0.15) is 17.5 Å². The first-order valence-electron chi connectivity index (χ1n) is 6.23. The lowest BCUT2D eigenvalue weighted by atomic mass is 10.1. The van der Waals surface area contributed by atoms with E-state index in [1.54, 1.807) is 7.11 Å². The van der Waals surface area contributed by atoms with Crippen molar-refractivity contribution in [3.8, 4) is 6.07 Å². The number of carbonyl (C=O) groups excluding carboxylic acids is 1. The van der Waals surface area contributed by atoms with E-state index < -0.39 is 0 Å². The molecule has 0 unspecified atom stereocenters. The van der Waals surface area contributed by atoms with Crippen molar-refractivity contribution in [2.45, 2.75) is 19.5 Å². The molecular formula is C14H17N3O2. The molecule has 0 saturated carbocycles. The van der Waals surface area contributed by atoms with Crippen LogP contribution in [0, 0.1) is 11.3 Å². The third-order valence-electron chi connectivity index (χ3n) is 3.17. The second-order valence-corrected chi connectivity index (χ2v) is 4.53. The summed E-state index contributed by atoms with van der Waals surface area (Å²) in [4.78, 5) is 13.8. The van der Waals surface area contributed by atoms with Gasteiger partial charge >= 0.3 is 0 Å². The van der Waals surface area contributed by atoms with E-state index in [4.69, 9.17) is 10.00 Å². The Bertz CT molecular complexity index is 508. The van der Waals surface area contributed by atoms with Gasteiger partial charge in [-0.25, -0.2) is 0 Å². The molecular weight excluding hydrogens is 242 g/mol. The van der Waals surface area contributed by atoms with Gasteiger partial charge in [-0.05, 0) is 17.2 Å². The van der Waals surface area contributed by atoms with Crippen molar-refractivity contribution in [3.63, 3.8) is 0 Å². The van der Waals surface area contributed by atoms with Crippen molar-refractivity contribution < 1.29 is 9.53 Å². The number of amides is 1. The van der Waals surface area contributed by atoms with E-state index in [9.17, 15) is 4.79 Å². The topological polar surface area (TPSA) is 65.4 Å².